The molecule has 0 fully saturated rings. The largest absolute Gasteiger partial charge is 0.423 e. The average Bonchev–Trinajstić information content (AvgIpc) is 3.06. The van der Waals surface area contributed by atoms with Gasteiger partial charge in [0.25, 0.3) is 0 Å². The van der Waals surface area contributed by atoms with Gasteiger partial charge in [-0.1, -0.05) is 55.4 Å². The number of benzene rings is 2. The average molecular weight is 420 g/mol. The summed E-state index contributed by atoms with van der Waals surface area (Å²) < 4.78 is 7.46. The predicted octanol–water partition coefficient (Wildman–Crippen LogP) is 5.62. The highest BCUT2D eigenvalue weighted by Gasteiger charge is 2.15. The van der Waals surface area contributed by atoms with Crippen LogP contribution in [0.3, 0.4) is 0 Å². The number of fused-ring (bicyclic) bond motifs is 1. The van der Waals surface area contributed by atoms with E-state index in [4.69, 9.17) is 4.42 Å². The zero-order valence-electron chi connectivity index (χ0n) is 17.9. The number of rotatable bonds is 5. The van der Waals surface area contributed by atoms with Crippen LogP contribution in [0.2, 0.25) is 0 Å². The molecule has 5 nitrogen and oxygen atoms in total. The van der Waals surface area contributed by atoms with Gasteiger partial charge in [-0.2, -0.15) is 0 Å². The molecule has 6 heteroatoms. The molecule has 0 aliphatic heterocycles. The van der Waals surface area contributed by atoms with Crippen molar-refractivity contribution in [1.82, 2.24) is 14.8 Å². The molecule has 154 valence electrons. The fourth-order valence-electron chi connectivity index (χ4n) is 3.67. The number of aromatic nitrogens is 3. The Morgan fingerprint density at radius 2 is 1.80 bits per heavy atom. The quantitative estimate of drug-likeness (QED) is 0.310. The fourth-order valence-corrected chi connectivity index (χ4v) is 4.57. The van der Waals surface area contributed by atoms with Crippen LogP contribution < -0.4 is 5.63 Å². The second kappa shape index (κ2) is 8.11. The van der Waals surface area contributed by atoms with E-state index >= 15 is 0 Å². The number of nitrogens with zero attached hydrogens (tertiary/aromatic N) is 3. The van der Waals surface area contributed by atoms with Crippen molar-refractivity contribution in [2.24, 2.45) is 7.05 Å². The van der Waals surface area contributed by atoms with Crippen molar-refractivity contribution >= 4 is 22.7 Å². The van der Waals surface area contributed by atoms with E-state index in [1.54, 1.807) is 17.8 Å². The Bertz CT molecular complexity index is 1270. The van der Waals surface area contributed by atoms with Crippen LogP contribution >= 0.6 is 11.8 Å². The van der Waals surface area contributed by atoms with Gasteiger partial charge in [-0.15, -0.1) is 10.2 Å². The first kappa shape index (κ1) is 20.4. The summed E-state index contributed by atoms with van der Waals surface area (Å²) in [5, 5.41) is 10.5. The molecule has 0 bridgehead atoms. The maximum absolute atomic E-state index is 12.1. The molecule has 4 aromatic rings. The SMILES string of the molecule is Cc1ccc(-c2nnc(SCc3cc(=O)oc4cc(C)c(C(C)C)cc34)n2C)cc1. The molecule has 0 amide bonds. The van der Waals surface area contributed by atoms with Crippen LogP contribution in [-0.4, -0.2) is 14.8 Å². The fraction of sp³-hybridized carbons (Fsp3) is 0.292. The molecule has 4 rings (SSSR count). The Morgan fingerprint density at radius 1 is 1.07 bits per heavy atom. The van der Waals surface area contributed by atoms with Crippen molar-refractivity contribution in [2.75, 3.05) is 0 Å². The minimum Gasteiger partial charge on any atom is -0.423 e. The molecule has 0 unspecified atom stereocenters. The van der Waals surface area contributed by atoms with Gasteiger partial charge in [-0.25, -0.2) is 4.79 Å². The first-order chi connectivity index (χ1) is 14.3. The molecule has 2 aromatic carbocycles. The molecule has 0 spiro atoms. The van der Waals surface area contributed by atoms with E-state index < -0.39 is 0 Å². The molecule has 0 atom stereocenters. The van der Waals surface area contributed by atoms with Gasteiger partial charge in [0.2, 0.25) is 0 Å². The molecule has 0 aliphatic carbocycles. The van der Waals surface area contributed by atoms with E-state index in [0.717, 1.165) is 33.1 Å². The molecule has 2 heterocycles. The number of hydrogen-bond donors (Lipinski definition) is 0. The standard InChI is InChI=1S/C24H25N3O2S/c1-14(2)19-12-20-18(11-22(28)29-21(20)10-16(19)4)13-30-24-26-25-23(27(24)5)17-8-6-15(3)7-9-17/h6-12,14H,13H2,1-5H3. The second-order valence-corrected chi connectivity index (χ2v) is 8.91. The lowest BCUT2D eigenvalue weighted by molar-refractivity contribution is 0.559. The maximum Gasteiger partial charge on any atom is 0.336 e. The number of hydrogen-bond acceptors (Lipinski definition) is 5. The summed E-state index contributed by atoms with van der Waals surface area (Å²) in [4.78, 5) is 12.1. The van der Waals surface area contributed by atoms with Crippen LogP contribution in [0.4, 0.5) is 0 Å². The van der Waals surface area contributed by atoms with Crippen LogP contribution in [0.1, 0.15) is 42.0 Å². The van der Waals surface area contributed by atoms with E-state index in [1.807, 2.05) is 17.7 Å². The zero-order chi connectivity index (χ0) is 21.4. The smallest absolute Gasteiger partial charge is 0.336 e. The summed E-state index contributed by atoms with van der Waals surface area (Å²) in [5.74, 6) is 1.84. The van der Waals surface area contributed by atoms with Crippen molar-refractivity contribution in [3.63, 3.8) is 0 Å². The molecule has 0 saturated heterocycles. The third kappa shape index (κ3) is 3.92. The van der Waals surface area contributed by atoms with Crippen molar-refractivity contribution in [2.45, 2.75) is 44.5 Å². The van der Waals surface area contributed by atoms with Gasteiger partial charge in [0, 0.05) is 29.8 Å². The number of thioether (sulfide) groups is 1. The van der Waals surface area contributed by atoms with Crippen LogP contribution in [0.25, 0.3) is 22.4 Å². The Morgan fingerprint density at radius 3 is 2.50 bits per heavy atom. The van der Waals surface area contributed by atoms with Crippen LogP contribution in [0, 0.1) is 13.8 Å². The van der Waals surface area contributed by atoms with E-state index in [1.165, 1.54) is 11.1 Å². The molecular weight excluding hydrogens is 394 g/mol. The van der Waals surface area contributed by atoms with E-state index in [-0.39, 0.29) is 5.63 Å². The number of aryl methyl sites for hydroxylation is 2. The van der Waals surface area contributed by atoms with Gasteiger partial charge >= 0.3 is 5.63 Å². The van der Waals surface area contributed by atoms with Crippen molar-refractivity contribution in [1.29, 1.82) is 0 Å². The van der Waals surface area contributed by atoms with Crippen LogP contribution in [0.15, 0.2) is 56.8 Å². The van der Waals surface area contributed by atoms with Gasteiger partial charge in [-0.3, -0.25) is 0 Å². The van der Waals surface area contributed by atoms with E-state index in [9.17, 15) is 4.79 Å². The summed E-state index contributed by atoms with van der Waals surface area (Å²) in [5.41, 5.74) is 5.91. The first-order valence-corrected chi connectivity index (χ1v) is 11.0. The van der Waals surface area contributed by atoms with E-state index in [0.29, 0.717) is 17.3 Å². The monoisotopic (exact) mass is 419 g/mol. The minimum atomic E-state index is -0.326. The topological polar surface area (TPSA) is 60.9 Å². The van der Waals surface area contributed by atoms with Crippen LogP contribution in [-0.2, 0) is 12.8 Å². The molecular formula is C24H25N3O2S. The minimum absolute atomic E-state index is 0.326. The third-order valence-electron chi connectivity index (χ3n) is 5.34. The normalized spacial score (nSPS) is 11.5. The van der Waals surface area contributed by atoms with E-state index in [2.05, 4.69) is 68.2 Å². The molecule has 0 saturated carbocycles. The maximum atomic E-state index is 12.1. The summed E-state index contributed by atoms with van der Waals surface area (Å²) >= 11 is 1.57. The molecule has 0 radical (unpaired) electrons. The Kier molecular flexibility index (Phi) is 5.52. The Labute approximate surface area is 180 Å². The highest BCUT2D eigenvalue weighted by atomic mass is 32.2. The molecule has 2 aromatic heterocycles. The van der Waals surface area contributed by atoms with Gasteiger partial charge in [0.05, 0.1) is 0 Å². The van der Waals surface area contributed by atoms with Gasteiger partial charge in [0.15, 0.2) is 11.0 Å². The lowest BCUT2D eigenvalue weighted by atomic mass is 9.95. The first-order valence-electron chi connectivity index (χ1n) is 10.00. The second-order valence-electron chi connectivity index (χ2n) is 7.97. The van der Waals surface area contributed by atoms with Crippen molar-refractivity contribution in [3.8, 4) is 11.4 Å². The van der Waals surface area contributed by atoms with Gasteiger partial charge in [0.1, 0.15) is 5.58 Å². The van der Waals surface area contributed by atoms with Crippen molar-refractivity contribution < 1.29 is 4.42 Å². The van der Waals surface area contributed by atoms with Gasteiger partial charge in [-0.05, 0) is 48.6 Å². The lowest BCUT2D eigenvalue weighted by Crippen LogP contribution is -2.02. The lowest BCUT2D eigenvalue weighted by Gasteiger charge is -2.13. The van der Waals surface area contributed by atoms with Crippen LogP contribution in [0.5, 0.6) is 0 Å². The Hall–Kier alpha value is -2.86. The summed E-state index contributed by atoms with van der Waals surface area (Å²) in [7, 11) is 1.97. The highest BCUT2D eigenvalue weighted by Crippen LogP contribution is 2.31. The zero-order valence-corrected chi connectivity index (χ0v) is 18.7. The summed E-state index contributed by atoms with van der Waals surface area (Å²) in [6, 6.07) is 14.0. The van der Waals surface area contributed by atoms with Crippen molar-refractivity contribution in [3.05, 3.63) is 75.1 Å². The Balaban J connectivity index is 1.66. The highest BCUT2D eigenvalue weighted by molar-refractivity contribution is 7.98. The molecule has 0 N–H and O–H groups in total. The third-order valence-corrected chi connectivity index (χ3v) is 6.41. The van der Waals surface area contributed by atoms with Gasteiger partial charge < -0.3 is 8.98 Å². The molecule has 0 aliphatic rings. The predicted molar refractivity (Wildman–Crippen MR) is 122 cm³/mol. The summed E-state index contributed by atoms with van der Waals surface area (Å²) in [6.07, 6.45) is 0. The molecule has 30 heavy (non-hydrogen) atoms. The summed E-state index contributed by atoms with van der Waals surface area (Å²) in [6.45, 7) is 8.47.